The summed E-state index contributed by atoms with van der Waals surface area (Å²) in [7, 11) is 3.32. The van der Waals surface area contributed by atoms with Crippen LogP contribution in [-0.4, -0.2) is 34.0 Å². The predicted molar refractivity (Wildman–Crippen MR) is 75.1 cm³/mol. The van der Waals surface area contributed by atoms with Crippen LogP contribution < -0.4 is 16.0 Å². The monoisotopic (exact) mass is 268 g/mol. The van der Waals surface area contributed by atoms with Crippen molar-refractivity contribution in [1.29, 1.82) is 0 Å². The number of benzene rings is 1. The van der Waals surface area contributed by atoms with Gasteiger partial charge < -0.3 is 14.2 Å². The van der Waals surface area contributed by atoms with Gasteiger partial charge in [-0.05, 0) is 36.6 Å². The normalized spacial score (nSPS) is 12.4. The third-order valence-electron chi connectivity index (χ3n) is 3.04. The molecule has 0 spiro atoms. The van der Waals surface area contributed by atoms with E-state index in [1.165, 1.54) is 5.56 Å². The molecule has 0 amide bonds. The highest BCUT2D eigenvalue weighted by atomic mass is 16.5. The third-order valence-corrected chi connectivity index (χ3v) is 3.04. The number of nitrogens with one attached hydrogen (secondary N) is 1. The van der Waals surface area contributed by atoms with Gasteiger partial charge in [-0.3, -0.25) is 11.3 Å². The van der Waals surface area contributed by atoms with Gasteiger partial charge in [0.15, 0.2) is 0 Å². The first-order chi connectivity index (χ1) is 9.22. The molecule has 108 valence electrons. The molecule has 0 heterocycles. The average Bonchev–Trinajstić information content (AvgIpc) is 2.43. The lowest BCUT2D eigenvalue weighted by molar-refractivity contribution is 0.0657. The summed E-state index contributed by atoms with van der Waals surface area (Å²) < 4.78 is 15.6. The van der Waals surface area contributed by atoms with Crippen LogP contribution in [0.15, 0.2) is 18.2 Å². The first-order valence-corrected chi connectivity index (χ1v) is 6.40. The summed E-state index contributed by atoms with van der Waals surface area (Å²) in [5.41, 5.74) is 5.15. The van der Waals surface area contributed by atoms with Gasteiger partial charge in [-0.2, -0.15) is 0 Å². The van der Waals surface area contributed by atoms with Gasteiger partial charge in [0.05, 0.1) is 20.3 Å². The predicted octanol–water partition coefficient (Wildman–Crippen LogP) is 1.56. The molecule has 0 aliphatic heterocycles. The fourth-order valence-electron chi connectivity index (χ4n) is 1.94. The zero-order valence-corrected chi connectivity index (χ0v) is 11.9. The zero-order chi connectivity index (χ0) is 14.1. The topological polar surface area (TPSA) is 65.7 Å². The SMILES string of the molecule is COCCOCCC(NN)c1ccc(OC)cc1C. The second kappa shape index (κ2) is 8.87. The summed E-state index contributed by atoms with van der Waals surface area (Å²) in [5, 5.41) is 0. The number of ether oxygens (including phenoxy) is 3. The van der Waals surface area contributed by atoms with Gasteiger partial charge in [-0.15, -0.1) is 0 Å². The summed E-state index contributed by atoms with van der Waals surface area (Å²) in [6, 6.07) is 6.06. The average molecular weight is 268 g/mol. The van der Waals surface area contributed by atoms with Gasteiger partial charge in [0, 0.05) is 19.8 Å². The van der Waals surface area contributed by atoms with Crippen molar-refractivity contribution in [1.82, 2.24) is 5.43 Å². The van der Waals surface area contributed by atoms with E-state index < -0.39 is 0 Å². The lowest BCUT2D eigenvalue weighted by atomic mass is 9.99. The highest BCUT2D eigenvalue weighted by Crippen LogP contribution is 2.24. The van der Waals surface area contributed by atoms with E-state index in [2.05, 4.69) is 5.43 Å². The number of rotatable bonds is 9. The van der Waals surface area contributed by atoms with Gasteiger partial charge in [0.1, 0.15) is 5.75 Å². The van der Waals surface area contributed by atoms with Crippen molar-refractivity contribution in [3.05, 3.63) is 29.3 Å². The molecular weight excluding hydrogens is 244 g/mol. The van der Waals surface area contributed by atoms with Crippen LogP contribution in [0.1, 0.15) is 23.6 Å². The number of methoxy groups -OCH3 is 2. The maximum atomic E-state index is 5.62. The Morgan fingerprint density at radius 2 is 2.00 bits per heavy atom. The molecule has 1 rings (SSSR count). The maximum absolute atomic E-state index is 5.62. The molecule has 1 aromatic rings. The van der Waals surface area contributed by atoms with Crippen molar-refractivity contribution in [3.8, 4) is 5.75 Å². The fraction of sp³-hybridized carbons (Fsp3) is 0.571. The highest BCUT2D eigenvalue weighted by molar-refractivity contribution is 5.36. The van der Waals surface area contributed by atoms with E-state index in [0.717, 1.165) is 17.7 Å². The number of aryl methyl sites for hydroxylation is 1. The molecule has 1 unspecified atom stereocenters. The van der Waals surface area contributed by atoms with Gasteiger partial charge >= 0.3 is 0 Å². The largest absolute Gasteiger partial charge is 0.497 e. The molecule has 1 aromatic carbocycles. The van der Waals surface area contributed by atoms with E-state index in [1.807, 2.05) is 25.1 Å². The summed E-state index contributed by atoms with van der Waals surface area (Å²) in [6.07, 6.45) is 0.813. The van der Waals surface area contributed by atoms with Crippen molar-refractivity contribution in [2.24, 2.45) is 5.84 Å². The van der Waals surface area contributed by atoms with Crippen LogP contribution in [0, 0.1) is 6.92 Å². The summed E-state index contributed by atoms with van der Waals surface area (Å²) in [5.74, 6) is 6.48. The first-order valence-electron chi connectivity index (χ1n) is 6.40. The van der Waals surface area contributed by atoms with Crippen LogP contribution in [0.5, 0.6) is 5.75 Å². The standard InChI is InChI=1S/C14H24N2O3/c1-11-10-12(18-3)4-5-13(11)14(16-15)6-7-19-9-8-17-2/h4-5,10,14,16H,6-9,15H2,1-3H3. The van der Waals surface area contributed by atoms with Gasteiger partial charge in [-0.1, -0.05) is 6.07 Å². The van der Waals surface area contributed by atoms with Crippen molar-refractivity contribution >= 4 is 0 Å². The zero-order valence-electron chi connectivity index (χ0n) is 11.9. The molecule has 0 bridgehead atoms. The molecule has 5 heteroatoms. The number of nitrogens with two attached hydrogens (primary N) is 1. The minimum Gasteiger partial charge on any atom is -0.497 e. The molecule has 0 aliphatic carbocycles. The molecular formula is C14H24N2O3. The first kappa shape index (κ1) is 15.9. The molecule has 1 atom stereocenters. The van der Waals surface area contributed by atoms with Gasteiger partial charge in [0.25, 0.3) is 0 Å². The molecule has 19 heavy (non-hydrogen) atoms. The second-order valence-electron chi connectivity index (χ2n) is 4.34. The van der Waals surface area contributed by atoms with Crippen LogP contribution in [0.4, 0.5) is 0 Å². The third kappa shape index (κ3) is 5.16. The van der Waals surface area contributed by atoms with Crippen LogP contribution >= 0.6 is 0 Å². The molecule has 5 nitrogen and oxygen atoms in total. The highest BCUT2D eigenvalue weighted by Gasteiger charge is 2.12. The molecule has 0 saturated heterocycles. The van der Waals surface area contributed by atoms with Crippen molar-refractivity contribution < 1.29 is 14.2 Å². The summed E-state index contributed by atoms with van der Waals surface area (Å²) >= 11 is 0. The number of hydrogen-bond donors (Lipinski definition) is 2. The van der Waals surface area contributed by atoms with Crippen LogP contribution in [0.3, 0.4) is 0 Å². The van der Waals surface area contributed by atoms with Crippen molar-refractivity contribution in [2.45, 2.75) is 19.4 Å². The van der Waals surface area contributed by atoms with E-state index in [1.54, 1.807) is 14.2 Å². The Morgan fingerprint density at radius 1 is 1.21 bits per heavy atom. The summed E-state index contributed by atoms with van der Waals surface area (Å²) in [6.45, 7) is 3.91. The lowest BCUT2D eigenvalue weighted by Gasteiger charge is -2.19. The Kier molecular flexibility index (Phi) is 7.43. The number of hydrogen-bond acceptors (Lipinski definition) is 5. The lowest BCUT2D eigenvalue weighted by Crippen LogP contribution is -2.29. The minimum atomic E-state index is 0.0773. The molecule has 0 aromatic heterocycles. The molecule has 0 fully saturated rings. The van der Waals surface area contributed by atoms with Gasteiger partial charge in [0.2, 0.25) is 0 Å². The smallest absolute Gasteiger partial charge is 0.119 e. The van der Waals surface area contributed by atoms with Crippen LogP contribution in [-0.2, 0) is 9.47 Å². The quantitative estimate of drug-likeness (QED) is 0.404. The van der Waals surface area contributed by atoms with E-state index in [9.17, 15) is 0 Å². The molecule has 0 saturated carbocycles. The Hall–Kier alpha value is -1.14. The molecule has 0 aliphatic rings. The Balaban J connectivity index is 2.54. The maximum Gasteiger partial charge on any atom is 0.119 e. The molecule has 0 radical (unpaired) electrons. The Labute approximate surface area is 115 Å². The van der Waals surface area contributed by atoms with Crippen LogP contribution in [0.2, 0.25) is 0 Å². The van der Waals surface area contributed by atoms with E-state index in [-0.39, 0.29) is 6.04 Å². The second-order valence-corrected chi connectivity index (χ2v) is 4.34. The van der Waals surface area contributed by atoms with E-state index in [0.29, 0.717) is 19.8 Å². The number of hydrazine groups is 1. The minimum absolute atomic E-state index is 0.0773. The van der Waals surface area contributed by atoms with Crippen molar-refractivity contribution in [3.63, 3.8) is 0 Å². The Morgan fingerprint density at radius 3 is 2.58 bits per heavy atom. The molecule has 3 N–H and O–H groups in total. The van der Waals surface area contributed by atoms with Crippen molar-refractivity contribution in [2.75, 3.05) is 34.0 Å². The van der Waals surface area contributed by atoms with E-state index in [4.69, 9.17) is 20.1 Å². The van der Waals surface area contributed by atoms with E-state index >= 15 is 0 Å². The van der Waals surface area contributed by atoms with Crippen LogP contribution in [0.25, 0.3) is 0 Å². The summed E-state index contributed by atoms with van der Waals surface area (Å²) in [4.78, 5) is 0. The van der Waals surface area contributed by atoms with Gasteiger partial charge in [-0.25, -0.2) is 0 Å². The fourth-order valence-corrected chi connectivity index (χ4v) is 1.94. The Bertz CT molecular complexity index is 372.